The van der Waals surface area contributed by atoms with E-state index in [4.69, 9.17) is 4.42 Å². The summed E-state index contributed by atoms with van der Waals surface area (Å²) < 4.78 is 4.92. The summed E-state index contributed by atoms with van der Waals surface area (Å²) in [6.07, 6.45) is 1.39. The van der Waals surface area contributed by atoms with Crippen LogP contribution in [0.25, 0.3) is 0 Å². The van der Waals surface area contributed by atoms with Crippen molar-refractivity contribution in [3.63, 3.8) is 0 Å². The van der Waals surface area contributed by atoms with Crippen molar-refractivity contribution in [2.24, 2.45) is 5.10 Å². The van der Waals surface area contributed by atoms with Gasteiger partial charge in [-0.15, -0.1) is 0 Å². The smallest absolute Gasteiger partial charge is 0.400 e. The number of hydrogen-bond donors (Lipinski definition) is 1. The van der Waals surface area contributed by atoms with Gasteiger partial charge in [0.15, 0.2) is 5.76 Å². The maximum atomic E-state index is 10.4. The summed E-state index contributed by atoms with van der Waals surface area (Å²) in [5.41, 5.74) is 4.77. The first-order chi connectivity index (χ1) is 8.66. The van der Waals surface area contributed by atoms with Crippen LogP contribution in [0.1, 0.15) is 11.3 Å². The van der Waals surface area contributed by atoms with Crippen molar-refractivity contribution in [1.29, 1.82) is 0 Å². The van der Waals surface area contributed by atoms with Crippen LogP contribution in [-0.4, -0.2) is 11.1 Å². The first kappa shape index (κ1) is 11.8. The molecule has 1 aromatic heterocycles. The molecule has 0 fully saturated rings. The van der Waals surface area contributed by atoms with Crippen LogP contribution in [0.3, 0.4) is 0 Å². The van der Waals surface area contributed by atoms with Crippen LogP contribution < -0.4 is 5.43 Å². The van der Waals surface area contributed by atoms with Crippen LogP contribution in [0.2, 0.25) is 0 Å². The van der Waals surface area contributed by atoms with Crippen LogP contribution >= 0.6 is 0 Å². The minimum atomic E-state index is -0.591. The molecule has 2 aromatic rings. The van der Waals surface area contributed by atoms with E-state index in [0.717, 1.165) is 11.3 Å². The Bertz CT molecular complexity index is 590. The highest BCUT2D eigenvalue weighted by Crippen LogP contribution is 2.15. The monoisotopic (exact) mass is 245 g/mol. The minimum absolute atomic E-state index is 0.299. The van der Waals surface area contributed by atoms with E-state index in [1.165, 1.54) is 18.3 Å². The Kier molecular flexibility index (Phi) is 3.38. The van der Waals surface area contributed by atoms with Gasteiger partial charge in [0.1, 0.15) is 4.92 Å². The molecule has 18 heavy (non-hydrogen) atoms. The van der Waals surface area contributed by atoms with Crippen LogP contribution in [0.4, 0.5) is 11.6 Å². The summed E-state index contributed by atoms with van der Waals surface area (Å²) in [6.45, 7) is 1.95. The number of para-hydroxylation sites is 1. The molecule has 1 aromatic carbocycles. The number of nitrogens with one attached hydrogen (secondary N) is 1. The maximum absolute atomic E-state index is 10.4. The Morgan fingerprint density at radius 3 is 2.78 bits per heavy atom. The van der Waals surface area contributed by atoms with Gasteiger partial charge in [0.25, 0.3) is 0 Å². The number of hydrogen-bond acceptors (Lipinski definition) is 5. The molecule has 0 atom stereocenters. The predicted octanol–water partition coefficient (Wildman–Crippen LogP) is 2.94. The lowest BCUT2D eigenvalue weighted by Gasteiger charge is -2.02. The number of rotatable bonds is 4. The topological polar surface area (TPSA) is 80.7 Å². The van der Waals surface area contributed by atoms with Gasteiger partial charge < -0.3 is 4.42 Å². The lowest BCUT2D eigenvalue weighted by atomic mass is 10.2. The Labute approximate surface area is 103 Å². The third-order valence-corrected chi connectivity index (χ3v) is 2.31. The maximum Gasteiger partial charge on any atom is 0.433 e. The van der Waals surface area contributed by atoms with Crippen molar-refractivity contribution in [3.05, 3.63) is 57.8 Å². The van der Waals surface area contributed by atoms with Crippen LogP contribution in [-0.2, 0) is 0 Å². The standard InChI is InChI=1S/C12H11N3O3/c1-9-4-2-3-5-11(9)14-13-8-10-6-7-12(18-10)15(16)17/h2-8,14H,1H3/b13-8+. The lowest BCUT2D eigenvalue weighted by molar-refractivity contribution is -0.402. The zero-order valence-corrected chi connectivity index (χ0v) is 9.66. The molecular weight excluding hydrogens is 234 g/mol. The molecule has 92 valence electrons. The number of anilines is 1. The van der Waals surface area contributed by atoms with E-state index in [-0.39, 0.29) is 5.88 Å². The van der Waals surface area contributed by atoms with Gasteiger partial charge >= 0.3 is 5.88 Å². The van der Waals surface area contributed by atoms with E-state index in [1.807, 2.05) is 31.2 Å². The van der Waals surface area contributed by atoms with Crippen LogP contribution in [0, 0.1) is 17.0 Å². The molecule has 0 aliphatic heterocycles. The molecule has 1 heterocycles. The molecule has 0 aliphatic rings. The van der Waals surface area contributed by atoms with E-state index >= 15 is 0 Å². The fourth-order valence-corrected chi connectivity index (χ4v) is 1.37. The molecule has 1 N–H and O–H groups in total. The third kappa shape index (κ3) is 2.73. The third-order valence-electron chi connectivity index (χ3n) is 2.31. The molecule has 0 aliphatic carbocycles. The molecule has 6 nitrogen and oxygen atoms in total. The first-order valence-corrected chi connectivity index (χ1v) is 5.26. The van der Waals surface area contributed by atoms with Crippen molar-refractivity contribution in [2.45, 2.75) is 6.92 Å². The van der Waals surface area contributed by atoms with Gasteiger partial charge in [-0.25, -0.2) is 0 Å². The Balaban J connectivity index is 2.03. The lowest BCUT2D eigenvalue weighted by Crippen LogP contribution is -1.92. The molecule has 0 amide bonds. The average Bonchev–Trinajstić information content (AvgIpc) is 2.80. The van der Waals surface area contributed by atoms with Crippen molar-refractivity contribution >= 4 is 17.8 Å². The predicted molar refractivity (Wildman–Crippen MR) is 67.8 cm³/mol. The normalized spacial score (nSPS) is 10.7. The van der Waals surface area contributed by atoms with E-state index < -0.39 is 4.92 Å². The quantitative estimate of drug-likeness (QED) is 0.510. The molecule has 0 bridgehead atoms. The summed E-state index contributed by atoms with van der Waals surface area (Å²) in [5, 5.41) is 14.4. The van der Waals surface area contributed by atoms with Gasteiger partial charge in [0.05, 0.1) is 18.0 Å². The first-order valence-electron chi connectivity index (χ1n) is 5.26. The van der Waals surface area contributed by atoms with Gasteiger partial charge in [-0.1, -0.05) is 18.2 Å². The van der Waals surface area contributed by atoms with E-state index in [1.54, 1.807) is 0 Å². The molecule has 0 unspecified atom stereocenters. The van der Waals surface area contributed by atoms with Gasteiger partial charge in [-0.2, -0.15) is 5.10 Å². The molecule has 0 saturated carbocycles. The molecular formula is C12H11N3O3. The van der Waals surface area contributed by atoms with Gasteiger partial charge in [-0.3, -0.25) is 15.5 Å². The van der Waals surface area contributed by atoms with Gasteiger partial charge in [-0.05, 0) is 24.6 Å². The van der Waals surface area contributed by atoms with Crippen molar-refractivity contribution < 1.29 is 9.34 Å². The molecule has 6 heteroatoms. The SMILES string of the molecule is Cc1ccccc1N/N=C/c1ccc([N+](=O)[O-])o1. The fourth-order valence-electron chi connectivity index (χ4n) is 1.37. The second-order valence-corrected chi connectivity index (χ2v) is 3.62. The average molecular weight is 245 g/mol. The van der Waals surface area contributed by atoms with Crippen molar-refractivity contribution in [3.8, 4) is 0 Å². The minimum Gasteiger partial charge on any atom is -0.400 e. The summed E-state index contributed by atoms with van der Waals surface area (Å²) in [6, 6.07) is 10.4. The van der Waals surface area contributed by atoms with E-state index in [0.29, 0.717) is 5.76 Å². The highest BCUT2D eigenvalue weighted by Gasteiger charge is 2.09. The zero-order valence-electron chi connectivity index (χ0n) is 9.66. The van der Waals surface area contributed by atoms with Gasteiger partial charge in [0.2, 0.25) is 0 Å². The zero-order chi connectivity index (χ0) is 13.0. The van der Waals surface area contributed by atoms with Crippen molar-refractivity contribution in [2.75, 3.05) is 5.43 Å². The van der Waals surface area contributed by atoms with Gasteiger partial charge in [0, 0.05) is 0 Å². The second-order valence-electron chi connectivity index (χ2n) is 3.62. The summed E-state index contributed by atoms with van der Waals surface area (Å²) in [4.78, 5) is 9.81. The number of aryl methyl sites for hydroxylation is 1. The number of nitro groups is 1. The highest BCUT2D eigenvalue weighted by molar-refractivity contribution is 5.77. The second kappa shape index (κ2) is 5.13. The fraction of sp³-hybridized carbons (Fsp3) is 0.0833. The van der Waals surface area contributed by atoms with E-state index in [2.05, 4.69) is 10.5 Å². The van der Waals surface area contributed by atoms with Crippen molar-refractivity contribution in [1.82, 2.24) is 0 Å². The summed E-state index contributed by atoms with van der Waals surface area (Å²) in [5.74, 6) is 0.0233. The van der Waals surface area contributed by atoms with E-state index in [9.17, 15) is 10.1 Å². The van der Waals surface area contributed by atoms with Crippen LogP contribution in [0.15, 0.2) is 45.9 Å². The summed E-state index contributed by atoms with van der Waals surface area (Å²) in [7, 11) is 0. The molecule has 0 saturated heterocycles. The largest absolute Gasteiger partial charge is 0.433 e. The Hall–Kier alpha value is -2.63. The number of hydrazone groups is 1. The molecule has 0 radical (unpaired) electrons. The van der Waals surface area contributed by atoms with Crippen LogP contribution in [0.5, 0.6) is 0 Å². The number of nitrogens with zero attached hydrogens (tertiary/aromatic N) is 2. The Morgan fingerprint density at radius 2 is 2.11 bits per heavy atom. The Morgan fingerprint density at radius 1 is 1.33 bits per heavy atom. The number of benzene rings is 1. The summed E-state index contributed by atoms with van der Waals surface area (Å²) >= 11 is 0. The highest BCUT2D eigenvalue weighted by atomic mass is 16.6. The number of furan rings is 1. The molecule has 2 rings (SSSR count). The molecule has 0 spiro atoms.